The van der Waals surface area contributed by atoms with Crippen molar-refractivity contribution in [1.29, 1.82) is 0 Å². The quantitative estimate of drug-likeness (QED) is 0.350. The molecule has 5 rings (SSSR count). The SMILES string of the molecule is COc1ccc(NC(=O)C2=C(C)Nc3ncnn3[C@@H]2c2ccccc2OCc2ccccc2Cl)cc1. The van der Waals surface area contributed by atoms with Crippen LogP contribution in [0.2, 0.25) is 5.02 Å². The number of nitrogens with zero attached hydrogens (tertiary/aromatic N) is 3. The summed E-state index contributed by atoms with van der Waals surface area (Å²) in [6.07, 6.45) is 1.46. The molecule has 1 atom stereocenters. The average molecular weight is 502 g/mol. The van der Waals surface area contributed by atoms with Crippen LogP contribution in [-0.4, -0.2) is 27.8 Å². The smallest absolute Gasteiger partial charge is 0.255 e. The van der Waals surface area contributed by atoms with Gasteiger partial charge < -0.3 is 20.1 Å². The number of para-hydroxylation sites is 1. The zero-order valence-corrected chi connectivity index (χ0v) is 20.5. The lowest BCUT2D eigenvalue weighted by molar-refractivity contribution is -0.113. The first kappa shape index (κ1) is 23.4. The lowest BCUT2D eigenvalue weighted by Gasteiger charge is -2.29. The van der Waals surface area contributed by atoms with Gasteiger partial charge in [-0.2, -0.15) is 10.1 Å². The van der Waals surface area contributed by atoms with E-state index < -0.39 is 6.04 Å². The van der Waals surface area contributed by atoms with Crippen LogP contribution in [0.15, 0.2) is 90.4 Å². The molecule has 0 saturated heterocycles. The number of rotatable bonds is 7. The zero-order chi connectivity index (χ0) is 25.1. The van der Waals surface area contributed by atoms with Crippen molar-refractivity contribution in [2.75, 3.05) is 17.7 Å². The number of nitrogens with one attached hydrogen (secondary N) is 2. The van der Waals surface area contributed by atoms with E-state index in [9.17, 15) is 4.79 Å². The summed E-state index contributed by atoms with van der Waals surface area (Å²) in [6, 6.07) is 21.7. The highest BCUT2D eigenvalue weighted by molar-refractivity contribution is 6.31. The molecule has 1 aliphatic rings. The molecule has 9 heteroatoms. The van der Waals surface area contributed by atoms with Crippen LogP contribution in [0.25, 0.3) is 0 Å². The molecular formula is C27H24ClN5O3. The van der Waals surface area contributed by atoms with E-state index in [0.717, 1.165) is 11.1 Å². The normalized spacial score (nSPS) is 14.6. The summed E-state index contributed by atoms with van der Waals surface area (Å²) >= 11 is 6.33. The minimum absolute atomic E-state index is 0.266. The number of benzene rings is 3. The molecule has 0 spiro atoms. The van der Waals surface area contributed by atoms with Crippen molar-refractivity contribution in [2.45, 2.75) is 19.6 Å². The Hall–Kier alpha value is -4.30. The van der Waals surface area contributed by atoms with Gasteiger partial charge in [0.05, 0.1) is 12.7 Å². The number of ether oxygens (including phenoxy) is 2. The van der Waals surface area contributed by atoms with Gasteiger partial charge in [-0.15, -0.1) is 0 Å². The third-order valence-corrected chi connectivity index (χ3v) is 6.31. The van der Waals surface area contributed by atoms with Crippen LogP contribution in [0.1, 0.15) is 24.1 Å². The lowest BCUT2D eigenvalue weighted by atomic mass is 9.94. The van der Waals surface area contributed by atoms with Crippen molar-refractivity contribution in [1.82, 2.24) is 14.8 Å². The van der Waals surface area contributed by atoms with E-state index in [-0.39, 0.29) is 12.5 Å². The first-order chi connectivity index (χ1) is 17.5. The lowest BCUT2D eigenvalue weighted by Crippen LogP contribution is -2.31. The Morgan fingerprint density at radius 2 is 1.83 bits per heavy atom. The molecule has 2 heterocycles. The minimum Gasteiger partial charge on any atom is -0.497 e. The second-order valence-electron chi connectivity index (χ2n) is 8.19. The van der Waals surface area contributed by atoms with E-state index in [1.165, 1.54) is 6.33 Å². The van der Waals surface area contributed by atoms with Crippen molar-refractivity contribution in [3.05, 3.63) is 107 Å². The number of hydrogen-bond acceptors (Lipinski definition) is 6. The van der Waals surface area contributed by atoms with Gasteiger partial charge in [0.2, 0.25) is 5.95 Å². The van der Waals surface area contributed by atoms with Gasteiger partial charge in [0.1, 0.15) is 30.5 Å². The highest BCUT2D eigenvalue weighted by atomic mass is 35.5. The number of fused-ring (bicyclic) bond motifs is 1. The van der Waals surface area contributed by atoms with Gasteiger partial charge in [0.15, 0.2) is 0 Å². The largest absolute Gasteiger partial charge is 0.497 e. The molecule has 182 valence electrons. The van der Waals surface area contributed by atoms with Crippen molar-refractivity contribution >= 4 is 29.1 Å². The Morgan fingerprint density at radius 3 is 2.61 bits per heavy atom. The summed E-state index contributed by atoms with van der Waals surface area (Å²) in [6.45, 7) is 2.13. The fraction of sp³-hybridized carbons (Fsp3) is 0.148. The third kappa shape index (κ3) is 4.63. The molecular weight excluding hydrogens is 478 g/mol. The first-order valence-corrected chi connectivity index (χ1v) is 11.7. The topological polar surface area (TPSA) is 90.3 Å². The van der Waals surface area contributed by atoms with Crippen LogP contribution >= 0.6 is 11.6 Å². The first-order valence-electron chi connectivity index (χ1n) is 11.3. The predicted molar refractivity (Wildman–Crippen MR) is 138 cm³/mol. The van der Waals surface area contributed by atoms with Gasteiger partial charge in [-0.05, 0) is 43.3 Å². The van der Waals surface area contributed by atoms with Crippen molar-refractivity contribution in [3.63, 3.8) is 0 Å². The Bertz CT molecular complexity index is 1430. The maximum atomic E-state index is 13.6. The molecule has 4 aromatic rings. The van der Waals surface area contributed by atoms with Crippen molar-refractivity contribution in [3.8, 4) is 11.5 Å². The molecule has 2 N–H and O–H groups in total. The molecule has 0 saturated carbocycles. The van der Waals surface area contributed by atoms with E-state index >= 15 is 0 Å². The summed E-state index contributed by atoms with van der Waals surface area (Å²) in [5, 5.41) is 11.2. The molecule has 0 aliphatic carbocycles. The number of halogens is 1. The van der Waals surface area contributed by atoms with Crippen molar-refractivity contribution < 1.29 is 14.3 Å². The molecule has 36 heavy (non-hydrogen) atoms. The highest BCUT2D eigenvalue weighted by Crippen LogP contribution is 2.39. The van der Waals surface area contributed by atoms with E-state index in [4.69, 9.17) is 21.1 Å². The Morgan fingerprint density at radius 1 is 1.08 bits per heavy atom. The Balaban J connectivity index is 1.50. The van der Waals surface area contributed by atoms with E-state index in [1.54, 1.807) is 36.1 Å². The highest BCUT2D eigenvalue weighted by Gasteiger charge is 2.35. The molecule has 0 unspecified atom stereocenters. The number of hydrogen-bond donors (Lipinski definition) is 2. The van der Waals surface area contributed by atoms with Crippen LogP contribution in [-0.2, 0) is 11.4 Å². The zero-order valence-electron chi connectivity index (χ0n) is 19.7. The van der Waals surface area contributed by atoms with Gasteiger partial charge in [-0.3, -0.25) is 4.79 Å². The number of anilines is 2. The molecule has 1 aliphatic heterocycles. The third-order valence-electron chi connectivity index (χ3n) is 5.94. The van der Waals surface area contributed by atoms with Crippen LogP contribution in [0.3, 0.4) is 0 Å². The number of amides is 1. The summed E-state index contributed by atoms with van der Waals surface area (Å²) in [4.78, 5) is 17.9. The summed E-state index contributed by atoms with van der Waals surface area (Å²) in [5.41, 5.74) is 3.46. The van der Waals surface area contributed by atoms with Crippen LogP contribution in [0, 0.1) is 0 Å². The molecule has 0 fully saturated rings. The number of methoxy groups -OCH3 is 1. The number of aromatic nitrogens is 3. The molecule has 3 aromatic carbocycles. The maximum absolute atomic E-state index is 13.6. The number of carbonyl (C=O) groups excluding carboxylic acids is 1. The van der Waals surface area contributed by atoms with E-state index in [1.807, 2.05) is 55.5 Å². The minimum atomic E-state index is -0.565. The molecule has 0 radical (unpaired) electrons. The molecule has 0 bridgehead atoms. The fourth-order valence-corrected chi connectivity index (χ4v) is 4.34. The van der Waals surface area contributed by atoms with Crippen LogP contribution < -0.4 is 20.1 Å². The van der Waals surface area contributed by atoms with Gasteiger partial charge in [0.25, 0.3) is 5.91 Å². The summed E-state index contributed by atoms with van der Waals surface area (Å²) in [5.74, 6) is 1.60. The number of carbonyl (C=O) groups is 1. The molecule has 1 amide bonds. The molecule has 8 nitrogen and oxygen atoms in total. The monoisotopic (exact) mass is 501 g/mol. The van der Waals surface area contributed by atoms with E-state index in [2.05, 4.69) is 20.7 Å². The second kappa shape index (κ2) is 10.1. The summed E-state index contributed by atoms with van der Waals surface area (Å²) < 4.78 is 13.1. The van der Waals surface area contributed by atoms with Gasteiger partial charge >= 0.3 is 0 Å². The van der Waals surface area contributed by atoms with Crippen molar-refractivity contribution in [2.24, 2.45) is 0 Å². The Kier molecular flexibility index (Phi) is 6.60. The van der Waals surface area contributed by atoms with Gasteiger partial charge in [0, 0.05) is 27.5 Å². The van der Waals surface area contributed by atoms with Gasteiger partial charge in [-0.1, -0.05) is 48.0 Å². The molecule has 1 aromatic heterocycles. The predicted octanol–water partition coefficient (Wildman–Crippen LogP) is 5.45. The van der Waals surface area contributed by atoms with Gasteiger partial charge in [-0.25, -0.2) is 4.68 Å². The standard InChI is InChI=1S/C27H24ClN5O3/c1-17-24(26(34)32-19-11-13-20(35-2)14-12-19)25(33-27(31-17)29-16-30-33)21-8-4-6-10-23(21)36-15-18-7-3-5-9-22(18)28/h3-14,16,25H,15H2,1-2H3,(H,32,34)(H,29,30,31)/t25-/m1/s1. The van der Waals surface area contributed by atoms with Crippen LogP contribution in [0.4, 0.5) is 11.6 Å². The second-order valence-corrected chi connectivity index (χ2v) is 8.60. The Labute approximate surface area is 213 Å². The van der Waals surface area contributed by atoms with Crippen LogP contribution in [0.5, 0.6) is 11.5 Å². The van der Waals surface area contributed by atoms with E-state index in [0.29, 0.717) is 39.4 Å². The maximum Gasteiger partial charge on any atom is 0.255 e. The number of allylic oxidation sites excluding steroid dienone is 1. The fourth-order valence-electron chi connectivity index (χ4n) is 4.15. The average Bonchev–Trinajstić information content (AvgIpc) is 3.36. The summed E-state index contributed by atoms with van der Waals surface area (Å²) in [7, 11) is 1.60.